The Morgan fingerprint density at radius 3 is 0.536 bits per heavy atom. The van der Waals surface area contributed by atoms with Crippen LogP contribution in [0.4, 0.5) is 0 Å². The van der Waals surface area contributed by atoms with E-state index in [1.54, 1.807) is 6.92 Å². The lowest BCUT2D eigenvalue weighted by molar-refractivity contribution is -0.124. The molecule has 0 atom stereocenters. The lowest BCUT2D eigenvalue weighted by Crippen LogP contribution is -2.00. The van der Waals surface area contributed by atoms with Gasteiger partial charge in [0.15, 0.2) is 0 Å². The first-order valence-corrected chi connectivity index (χ1v) is 26.8. The molecule has 0 spiro atoms. The van der Waals surface area contributed by atoms with Gasteiger partial charge in [-0.3, -0.25) is 9.59 Å². The van der Waals surface area contributed by atoms with Crippen LogP contribution in [0.2, 0.25) is 0 Å². The highest BCUT2D eigenvalue weighted by molar-refractivity contribution is 7.90. The Bertz CT molecular complexity index is 739. The van der Waals surface area contributed by atoms with Gasteiger partial charge in [-0.1, -0.05) is 215 Å². The maximum Gasteiger partial charge on any atom is 0.147 e. The average molecular weight is 854 g/mol. The van der Waals surface area contributed by atoms with E-state index in [0.717, 1.165) is 25.7 Å². The molecule has 0 aliphatic heterocycles. The monoisotopic (exact) mass is 853 g/mol. The first kappa shape index (κ1) is 86.7. The van der Waals surface area contributed by atoms with Gasteiger partial charge in [0.05, 0.1) is 6.42 Å². The van der Waals surface area contributed by atoms with Gasteiger partial charge >= 0.3 is 0 Å². The number of carbonyl (C=O) groups excluding carboxylic acids is 3. The fourth-order valence-corrected chi connectivity index (χ4v) is 3.78. The summed E-state index contributed by atoms with van der Waals surface area (Å²) in [6.45, 7) is 44.5. The van der Waals surface area contributed by atoms with Crippen LogP contribution in [0, 0.1) is 0 Å². The summed E-state index contributed by atoms with van der Waals surface area (Å²) >= 11 is 0. The van der Waals surface area contributed by atoms with Crippen molar-refractivity contribution in [3.05, 3.63) is 0 Å². The van der Waals surface area contributed by atoms with Crippen molar-refractivity contribution >= 4 is 37.0 Å². The quantitative estimate of drug-likeness (QED) is 0.134. The highest BCUT2D eigenvalue weighted by Gasteiger charge is 1.96. The van der Waals surface area contributed by atoms with Gasteiger partial charge in [0, 0.05) is 30.4 Å². The van der Waals surface area contributed by atoms with Crippen LogP contribution in [-0.2, 0) is 34.1 Å². The molecule has 0 aromatic rings. The van der Waals surface area contributed by atoms with Crippen molar-refractivity contribution in [3.8, 4) is 0 Å². The molecule has 0 aliphatic carbocycles. The molecule has 0 aromatic heterocycles. The predicted molar refractivity (Wildman–Crippen MR) is 262 cm³/mol. The molecule has 0 aliphatic rings. The average Bonchev–Trinajstić information content (AvgIpc) is 3.02. The van der Waals surface area contributed by atoms with Crippen LogP contribution in [0.3, 0.4) is 0 Å². The summed E-state index contributed by atoms with van der Waals surface area (Å²) in [6.07, 6.45) is 22.8. The molecule has 354 valence electrons. The molecule has 0 aromatic carbocycles. The number of rotatable bonds is 13. The van der Waals surface area contributed by atoms with Crippen molar-refractivity contribution in [1.29, 1.82) is 0 Å². The summed E-state index contributed by atoms with van der Waals surface area (Å²) in [6, 6.07) is 0. The molecule has 9 heteroatoms. The summed E-state index contributed by atoms with van der Waals surface area (Å²) in [5.74, 6) is 0.789. The molecule has 0 unspecified atom stereocenters. The molecule has 0 radical (unpaired) electrons. The second kappa shape index (κ2) is 94.8. The van der Waals surface area contributed by atoms with Gasteiger partial charge in [0.1, 0.15) is 37.0 Å². The van der Waals surface area contributed by atoms with E-state index in [1.807, 2.05) is 20.8 Å². The van der Waals surface area contributed by atoms with Gasteiger partial charge in [0.25, 0.3) is 0 Å². The summed E-state index contributed by atoms with van der Waals surface area (Å²) in [4.78, 5) is 30.1. The molecule has 0 saturated heterocycles. The van der Waals surface area contributed by atoms with E-state index in [0.29, 0.717) is 11.5 Å². The maximum absolute atomic E-state index is 10.2. The van der Waals surface area contributed by atoms with E-state index in [4.69, 9.17) is 0 Å². The van der Waals surface area contributed by atoms with E-state index in [-0.39, 0.29) is 23.8 Å². The topological polar surface area (TPSA) is 119 Å². The van der Waals surface area contributed by atoms with Crippen molar-refractivity contribution in [2.45, 2.75) is 268 Å². The molecule has 0 amide bonds. The Morgan fingerprint density at radius 2 is 0.518 bits per heavy atom. The second-order valence-electron chi connectivity index (χ2n) is 13.6. The van der Waals surface area contributed by atoms with Gasteiger partial charge in [-0.15, -0.1) is 0 Å². The Labute approximate surface area is 358 Å². The molecule has 0 saturated carbocycles. The first-order chi connectivity index (χ1) is 25.8. The van der Waals surface area contributed by atoms with Crippen molar-refractivity contribution < 1.29 is 31.2 Å². The van der Waals surface area contributed by atoms with Crippen LogP contribution in [0.1, 0.15) is 268 Å². The van der Waals surface area contributed by atoms with Crippen molar-refractivity contribution in [3.63, 3.8) is 0 Å². The van der Waals surface area contributed by atoms with E-state index in [2.05, 4.69) is 111 Å². The van der Waals surface area contributed by atoms with Crippen molar-refractivity contribution in [2.75, 3.05) is 24.0 Å². The number of hydrogen-bond acceptors (Lipinski definition) is 7. The number of hydrogen-bond donors (Lipinski definition) is 0. The van der Waals surface area contributed by atoms with Crippen LogP contribution < -0.4 is 0 Å². The zero-order chi connectivity index (χ0) is 47.9. The molecular formula is C47H112O7S2. The minimum absolute atomic E-state index is 0.0625. The fourth-order valence-electron chi connectivity index (χ4n) is 2.30. The van der Waals surface area contributed by atoms with Crippen LogP contribution in [0.25, 0.3) is 0 Å². The zero-order valence-corrected chi connectivity index (χ0v) is 44.9. The smallest absolute Gasteiger partial charge is 0.147 e. The highest BCUT2D eigenvalue weighted by Crippen LogP contribution is 1.95. The molecule has 0 rings (SSSR count). The summed E-state index contributed by atoms with van der Waals surface area (Å²) in [7, 11) is -5.35. The molecule has 7 nitrogen and oxygen atoms in total. The summed E-state index contributed by atoms with van der Waals surface area (Å²) in [5, 5.41) is 0. The number of sulfone groups is 2. The predicted octanol–water partition coefficient (Wildman–Crippen LogP) is 16.1. The normalized spacial score (nSPS) is 8.50. The third-order valence-electron chi connectivity index (χ3n) is 3.91. The Morgan fingerprint density at radius 1 is 0.321 bits per heavy atom. The Hall–Kier alpha value is -1.09. The second-order valence-corrected chi connectivity index (χ2v) is 18.1. The van der Waals surface area contributed by atoms with Crippen molar-refractivity contribution in [2.24, 2.45) is 0 Å². The number of carbonyl (C=O) groups is 3. The number of unbranched alkanes of at least 4 members (excludes halogenated alkanes) is 5. The minimum atomic E-state index is -2.67. The molecule has 0 heterocycles. The van der Waals surface area contributed by atoms with E-state index in [9.17, 15) is 31.2 Å². The van der Waals surface area contributed by atoms with E-state index < -0.39 is 19.7 Å². The van der Waals surface area contributed by atoms with Gasteiger partial charge in [0.2, 0.25) is 0 Å². The molecule has 0 N–H and O–H groups in total. The lowest BCUT2D eigenvalue weighted by atomic mass is 10.2. The van der Waals surface area contributed by atoms with Crippen molar-refractivity contribution in [1.82, 2.24) is 0 Å². The highest BCUT2D eigenvalue weighted by atomic mass is 32.2. The number of Topliss-reactive ketones (excluding diaryl/α,β-unsaturated/α-hetero) is 3. The third-order valence-corrected chi connectivity index (χ3v) is 6.21. The summed E-state index contributed by atoms with van der Waals surface area (Å²) in [5.41, 5.74) is 0. The fraction of sp³-hybridized carbons (Fsp3) is 0.936. The van der Waals surface area contributed by atoms with E-state index in [1.165, 1.54) is 110 Å². The Balaban J connectivity index is -0.0000000384. The van der Waals surface area contributed by atoms with Crippen LogP contribution in [0.15, 0.2) is 0 Å². The molecule has 0 bridgehead atoms. The van der Waals surface area contributed by atoms with Gasteiger partial charge < -0.3 is 4.79 Å². The zero-order valence-electron chi connectivity index (χ0n) is 43.3. The third kappa shape index (κ3) is 399. The molecular weight excluding hydrogens is 741 g/mol. The van der Waals surface area contributed by atoms with Gasteiger partial charge in [-0.25, -0.2) is 16.8 Å². The van der Waals surface area contributed by atoms with Crippen LogP contribution in [0.5, 0.6) is 0 Å². The standard InChI is InChI=1S/C6H14.C5H8O2.C5H10O.C5H12.2C4H10O2S.6C3H8/c1-3-5-6-4-2;1-4(6)3-5(2)7;1-3-4-5(2)6;1-3-5-4-2;2*1-3-4-7(2,5)6;6*1-3-2/h3-6H2,1-2H3;3H2,1-2H3;3-4H2,1-2H3;3-5H2,1-2H3;2*3-4H2,1-2H3;6*3H2,1-2H3. The lowest BCUT2D eigenvalue weighted by Gasteiger charge is -1.87. The number of ketones is 3. The maximum atomic E-state index is 10.2. The Kier molecular flexibility index (Phi) is 147. The molecule has 0 fully saturated rings. The summed E-state index contributed by atoms with van der Waals surface area (Å²) < 4.78 is 40.9. The minimum Gasteiger partial charge on any atom is -0.300 e. The molecule has 56 heavy (non-hydrogen) atoms. The van der Waals surface area contributed by atoms with Crippen LogP contribution in [-0.4, -0.2) is 58.2 Å². The van der Waals surface area contributed by atoms with Gasteiger partial charge in [-0.05, 0) is 40.0 Å². The largest absolute Gasteiger partial charge is 0.300 e. The van der Waals surface area contributed by atoms with Crippen LogP contribution >= 0.6 is 0 Å². The first-order valence-electron chi connectivity index (χ1n) is 22.7. The van der Waals surface area contributed by atoms with Gasteiger partial charge in [-0.2, -0.15) is 0 Å². The SMILES string of the molecule is CC(=O)CC(C)=O.CCC.CCC.CCC.CCC.CCC.CCC.CCCC(C)=O.CCCCC.CCCCCC.CCCS(C)(=O)=O.CCCS(C)(=O)=O. The van der Waals surface area contributed by atoms with E-state index >= 15 is 0 Å².